The molecule has 1 unspecified atom stereocenters. The van der Waals surface area contributed by atoms with E-state index >= 15 is 0 Å². The van der Waals surface area contributed by atoms with E-state index in [2.05, 4.69) is 11.8 Å². The van der Waals surface area contributed by atoms with E-state index in [0.717, 1.165) is 0 Å². The smallest absolute Gasteiger partial charge is 0.223 e. The molecule has 1 saturated heterocycles. The molecule has 0 aliphatic carbocycles. The Morgan fingerprint density at radius 1 is 1.44 bits per heavy atom. The van der Waals surface area contributed by atoms with Crippen LogP contribution >= 0.6 is 0 Å². The van der Waals surface area contributed by atoms with Crippen LogP contribution in [-0.2, 0) is 9.53 Å². The standard InChI is InChI=1S/C12H18FNO2/c1-10(2)11(15)4-5-12(3,13)14-6-8-16-9-7-14/h10H,6-9H2,1-3H3. The predicted molar refractivity (Wildman–Crippen MR) is 59.5 cm³/mol. The molecule has 0 aromatic carbocycles. The van der Waals surface area contributed by atoms with Crippen molar-refractivity contribution in [3.05, 3.63) is 0 Å². The number of carbonyl (C=O) groups is 1. The van der Waals surface area contributed by atoms with Gasteiger partial charge in [-0.3, -0.25) is 9.69 Å². The third kappa shape index (κ3) is 3.58. The van der Waals surface area contributed by atoms with Crippen molar-refractivity contribution in [3.63, 3.8) is 0 Å². The lowest BCUT2D eigenvalue weighted by atomic mass is 10.1. The molecular weight excluding hydrogens is 209 g/mol. The third-order valence-corrected chi connectivity index (χ3v) is 2.54. The molecule has 0 spiro atoms. The van der Waals surface area contributed by atoms with E-state index in [1.165, 1.54) is 6.92 Å². The van der Waals surface area contributed by atoms with Crippen LogP contribution in [0.2, 0.25) is 0 Å². The number of ketones is 1. The molecule has 1 rings (SSSR count). The SMILES string of the molecule is CC(C)C(=O)C#CC(C)(F)N1CCOCC1. The van der Waals surface area contributed by atoms with E-state index < -0.39 is 5.79 Å². The van der Waals surface area contributed by atoms with Gasteiger partial charge in [0.15, 0.2) is 0 Å². The minimum atomic E-state index is -1.74. The second kappa shape index (κ2) is 5.42. The van der Waals surface area contributed by atoms with Gasteiger partial charge in [0, 0.05) is 19.0 Å². The van der Waals surface area contributed by atoms with Crippen LogP contribution in [0.5, 0.6) is 0 Å². The molecule has 0 saturated carbocycles. The maximum Gasteiger partial charge on any atom is 0.223 e. The van der Waals surface area contributed by atoms with E-state index in [1.54, 1.807) is 18.7 Å². The van der Waals surface area contributed by atoms with Crippen LogP contribution in [0.1, 0.15) is 20.8 Å². The zero-order valence-corrected chi connectivity index (χ0v) is 10.0. The zero-order chi connectivity index (χ0) is 12.2. The van der Waals surface area contributed by atoms with Gasteiger partial charge in [0.2, 0.25) is 11.6 Å². The summed E-state index contributed by atoms with van der Waals surface area (Å²) < 4.78 is 19.3. The van der Waals surface area contributed by atoms with Gasteiger partial charge in [-0.25, -0.2) is 4.39 Å². The summed E-state index contributed by atoms with van der Waals surface area (Å²) in [5, 5.41) is 0. The highest BCUT2D eigenvalue weighted by Gasteiger charge is 2.30. The molecule has 90 valence electrons. The van der Waals surface area contributed by atoms with Crippen molar-refractivity contribution in [2.24, 2.45) is 5.92 Å². The van der Waals surface area contributed by atoms with Crippen LogP contribution in [-0.4, -0.2) is 42.8 Å². The normalized spacial score (nSPS) is 21.1. The van der Waals surface area contributed by atoms with Gasteiger partial charge >= 0.3 is 0 Å². The quantitative estimate of drug-likeness (QED) is 0.404. The largest absolute Gasteiger partial charge is 0.379 e. The van der Waals surface area contributed by atoms with Crippen molar-refractivity contribution >= 4 is 5.78 Å². The average Bonchev–Trinajstić information content (AvgIpc) is 2.27. The number of ether oxygens (including phenoxy) is 1. The summed E-state index contributed by atoms with van der Waals surface area (Å²) in [6.45, 7) is 6.94. The lowest BCUT2D eigenvalue weighted by Gasteiger charge is -2.33. The number of carbonyl (C=O) groups excluding carboxylic acids is 1. The monoisotopic (exact) mass is 227 g/mol. The first-order valence-electron chi connectivity index (χ1n) is 5.52. The molecule has 1 heterocycles. The van der Waals surface area contributed by atoms with Crippen LogP contribution in [0.25, 0.3) is 0 Å². The van der Waals surface area contributed by atoms with E-state index in [1.807, 2.05) is 0 Å². The Balaban J connectivity index is 2.65. The number of morpholine rings is 1. The second-order valence-corrected chi connectivity index (χ2v) is 4.32. The summed E-state index contributed by atoms with van der Waals surface area (Å²) in [5.41, 5.74) is 0. The van der Waals surface area contributed by atoms with E-state index in [4.69, 9.17) is 4.74 Å². The molecule has 1 aliphatic rings. The van der Waals surface area contributed by atoms with Crippen LogP contribution in [0.15, 0.2) is 0 Å². The maximum absolute atomic E-state index is 14.1. The molecule has 0 radical (unpaired) electrons. The number of nitrogens with zero attached hydrogens (tertiary/aromatic N) is 1. The summed E-state index contributed by atoms with van der Waals surface area (Å²) >= 11 is 0. The highest BCUT2D eigenvalue weighted by atomic mass is 19.1. The molecule has 0 amide bonds. The topological polar surface area (TPSA) is 29.5 Å². The van der Waals surface area contributed by atoms with Crippen LogP contribution in [0.3, 0.4) is 0 Å². The summed E-state index contributed by atoms with van der Waals surface area (Å²) in [7, 11) is 0. The number of hydrogen-bond acceptors (Lipinski definition) is 3. The lowest BCUT2D eigenvalue weighted by molar-refractivity contribution is -0.116. The molecule has 4 heteroatoms. The highest BCUT2D eigenvalue weighted by molar-refractivity contribution is 5.96. The third-order valence-electron chi connectivity index (χ3n) is 2.54. The van der Waals surface area contributed by atoms with Crippen molar-refractivity contribution in [1.29, 1.82) is 0 Å². The number of Topliss-reactive ketones (excluding diaryl/α,β-unsaturated/α-hetero) is 1. The van der Waals surface area contributed by atoms with Crippen molar-refractivity contribution < 1.29 is 13.9 Å². The van der Waals surface area contributed by atoms with Gasteiger partial charge in [0.25, 0.3) is 0 Å². The van der Waals surface area contributed by atoms with Crippen molar-refractivity contribution in [2.45, 2.75) is 26.6 Å². The molecular formula is C12H18FNO2. The highest BCUT2D eigenvalue weighted by Crippen LogP contribution is 2.17. The van der Waals surface area contributed by atoms with Crippen LogP contribution in [0, 0.1) is 17.8 Å². The lowest BCUT2D eigenvalue weighted by Crippen LogP contribution is -2.48. The minimum Gasteiger partial charge on any atom is -0.379 e. The van der Waals surface area contributed by atoms with E-state index in [0.29, 0.717) is 26.3 Å². The first-order valence-corrected chi connectivity index (χ1v) is 5.52. The van der Waals surface area contributed by atoms with Gasteiger partial charge in [0.05, 0.1) is 13.2 Å². The van der Waals surface area contributed by atoms with Gasteiger partial charge in [-0.1, -0.05) is 13.8 Å². The van der Waals surface area contributed by atoms with Crippen molar-refractivity contribution in [1.82, 2.24) is 4.90 Å². The average molecular weight is 227 g/mol. The molecule has 1 fully saturated rings. The van der Waals surface area contributed by atoms with Gasteiger partial charge in [0.1, 0.15) is 0 Å². The predicted octanol–water partition coefficient (Wildman–Crippen LogP) is 1.23. The molecule has 0 N–H and O–H groups in total. The molecule has 16 heavy (non-hydrogen) atoms. The summed E-state index contributed by atoms with van der Waals surface area (Å²) in [5.74, 6) is 2.65. The first kappa shape index (κ1) is 13.1. The van der Waals surface area contributed by atoms with E-state index in [9.17, 15) is 9.18 Å². The fraction of sp³-hybridized carbons (Fsp3) is 0.750. The molecule has 0 aromatic rings. The number of rotatable bonds is 2. The fourth-order valence-corrected chi connectivity index (χ4v) is 1.38. The summed E-state index contributed by atoms with van der Waals surface area (Å²) in [6, 6.07) is 0. The first-order chi connectivity index (χ1) is 7.43. The Hall–Kier alpha value is -0.920. The fourth-order valence-electron chi connectivity index (χ4n) is 1.38. The maximum atomic E-state index is 14.1. The Morgan fingerprint density at radius 2 is 2.00 bits per heavy atom. The Bertz CT molecular complexity index is 309. The molecule has 1 aliphatic heterocycles. The summed E-state index contributed by atoms with van der Waals surface area (Å²) in [4.78, 5) is 12.9. The number of halogens is 1. The number of alkyl halides is 1. The Morgan fingerprint density at radius 3 is 2.50 bits per heavy atom. The summed E-state index contributed by atoms with van der Waals surface area (Å²) in [6.07, 6.45) is 0. The Kier molecular flexibility index (Phi) is 4.45. The van der Waals surface area contributed by atoms with Gasteiger partial charge < -0.3 is 4.74 Å². The van der Waals surface area contributed by atoms with Crippen molar-refractivity contribution in [3.8, 4) is 11.8 Å². The molecule has 3 nitrogen and oxygen atoms in total. The minimum absolute atomic E-state index is 0.173. The molecule has 1 atom stereocenters. The van der Waals surface area contributed by atoms with Crippen LogP contribution in [0.4, 0.5) is 4.39 Å². The molecule has 0 bridgehead atoms. The van der Waals surface area contributed by atoms with Gasteiger partial charge in [-0.15, -0.1) is 0 Å². The zero-order valence-electron chi connectivity index (χ0n) is 10.0. The molecule has 0 aromatic heterocycles. The van der Waals surface area contributed by atoms with Gasteiger partial charge in [-0.05, 0) is 18.8 Å². The second-order valence-electron chi connectivity index (χ2n) is 4.32. The van der Waals surface area contributed by atoms with E-state index in [-0.39, 0.29) is 11.7 Å². The number of hydrogen-bond donors (Lipinski definition) is 0. The van der Waals surface area contributed by atoms with Crippen LogP contribution < -0.4 is 0 Å². The van der Waals surface area contributed by atoms with Crippen molar-refractivity contribution in [2.75, 3.05) is 26.3 Å². The Labute approximate surface area is 95.9 Å². The van der Waals surface area contributed by atoms with Gasteiger partial charge in [-0.2, -0.15) is 0 Å².